The Labute approximate surface area is 126 Å². The maximum atomic E-state index is 11.4. The van der Waals surface area contributed by atoms with E-state index in [2.05, 4.69) is 45.4 Å². The Morgan fingerprint density at radius 3 is 2.24 bits per heavy atom. The zero-order valence-electron chi connectivity index (χ0n) is 13.6. The van der Waals surface area contributed by atoms with Crippen LogP contribution in [0.2, 0.25) is 0 Å². The van der Waals surface area contributed by atoms with Gasteiger partial charge in [0.25, 0.3) is 0 Å². The van der Waals surface area contributed by atoms with Crippen molar-refractivity contribution in [3.8, 4) is 0 Å². The predicted octanol–water partition coefficient (Wildman–Crippen LogP) is 5.00. The second kappa shape index (κ2) is 5.92. The van der Waals surface area contributed by atoms with Crippen LogP contribution in [0.3, 0.4) is 0 Å². The zero-order valence-corrected chi connectivity index (χ0v) is 13.6. The van der Waals surface area contributed by atoms with E-state index in [9.17, 15) is 9.90 Å². The minimum atomic E-state index is -0.850. The molecule has 1 heterocycles. The Hall–Kier alpha value is -1.77. The van der Waals surface area contributed by atoms with Crippen LogP contribution in [0.15, 0.2) is 18.3 Å². The summed E-state index contributed by atoms with van der Waals surface area (Å²) in [5.74, 6) is -0.163. The fourth-order valence-electron chi connectivity index (χ4n) is 2.94. The van der Waals surface area contributed by atoms with Gasteiger partial charge in [0.1, 0.15) is 0 Å². The van der Waals surface area contributed by atoms with Crippen molar-refractivity contribution in [3.63, 3.8) is 0 Å². The Morgan fingerprint density at radius 1 is 1.14 bits per heavy atom. The molecule has 0 fully saturated rings. The SMILES string of the molecule is CCCn1cc(C(C)C)c2cc(C(=O)O)cc(C(C)C)c21. The molecule has 0 amide bonds. The molecule has 1 N–H and O–H groups in total. The molecule has 0 aliphatic rings. The van der Waals surface area contributed by atoms with Gasteiger partial charge in [-0.3, -0.25) is 0 Å². The highest BCUT2D eigenvalue weighted by Crippen LogP contribution is 2.34. The number of nitrogens with zero attached hydrogens (tertiary/aromatic N) is 1. The van der Waals surface area contributed by atoms with Crippen LogP contribution in [0.5, 0.6) is 0 Å². The third kappa shape index (κ3) is 2.82. The summed E-state index contributed by atoms with van der Waals surface area (Å²) in [7, 11) is 0. The monoisotopic (exact) mass is 287 g/mol. The molecule has 21 heavy (non-hydrogen) atoms. The molecular weight excluding hydrogens is 262 g/mol. The molecule has 0 aliphatic heterocycles. The van der Waals surface area contributed by atoms with Crippen molar-refractivity contribution in [2.45, 2.75) is 59.4 Å². The second-order valence-corrected chi connectivity index (χ2v) is 6.35. The van der Waals surface area contributed by atoms with Crippen LogP contribution >= 0.6 is 0 Å². The fraction of sp³-hybridized carbons (Fsp3) is 0.500. The first-order valence-electron chi connectivity index (χ1n) is 7.76. The molecule has 1 aromatic heterocycles. The molecule has 0 radical (unpaired) electrons. The lowest BCUT2D eigenvalue weighted by molar-refractivity contribution is 0.0697. The topological polar surface area (TPSA) is 42.2 Å². The van der Waals surface area contributed by atoms with Crippen molar-refractivity contribution in [1.82, 2.24) is 4.57 Å². The molecule has 0 bridgehead atoms. The molecule has 3 nitrogen and oxygen atoms in total. The van der Waals surface area contributed by atoms with Gasteiger partial charge in [0, 0.05) is 18.1 Å². The van der Waals surface area contributed by atoms with Gasteiger partial charge in [-0.2, -0.15) is 0 Å². The van der Waals surface area contributed by atoms with Crippen molar-refractivity contribution < 1.29 is 9.90 Å². The van der Waals surface area contributed by atoms with Crippen LogP contribution in [0.4, 0.5) is 0 Å². The molecular formula is C18H25NO2. The molecule has 2 aromatic rings. The number of benzene rings is 1. The highest BCUT2D eigenvalue weighted by atomic mass is 16.4. The number of carboxylic acid groups (broad SMARTS) is 1. The lowest BCUT2D eigenvalue weighted by atomic mass is 9.94. The van der Waals surface area contributed by atoms with E-state index in [1.54, 1.807) is 0 Å². The molecule has 0 atom stereocenters. The largest absolute Gasteiger partial charge is 0.478 e. The maximum Gasteiger partial charge on any atom is 0.335 e. The van der Waals surface area contributed by atoms with Gasteiger partial charge in [0.2, 0.25) is 0 Å². The van der Waals surface area contributed by atoms with Crippen molar-refractivity contribution in [2.24, 2.45) is 0 Å². The zero-order chi connectivity index (χ0) is 15.7. The predicted molar refractivity (Wildman–Crippen MR) is 87.4 cm³/mol. The fourth-order valence-corrected chi connectivity index (χ4v) is 2.94. The van der Waals surface area contributed by atoms with Crippen LogP contribution in [-0.4, -0.2) is 15.6 Å². The van der Waals surface area contributed by atoms with Gasteiger partial charge in [0.15, 0.2) is 0 Å². The average molecular weight is 287 g/mol. The molecule has 0 saturated carbocycles. The number of rotatable bonds is 5. The van der Waals surface area contributed by atoms with Gasteiger partial charge in [-0.05, 0) is 41.5 Å². The summed E-state index contributed by atoms with van der Waals surface area (Å²) in [5, 5.41) is 10.5. The third-order valence-corrected chi connectivity index (χ3v) is 3.99. The van der Waals surface area contributed by atoms with Crippen molar-refractivity contribution >= 4 is 16.9 Å². The van der Waals surface area contributed by atoms with Crippen LogP contribution in [0, 0.1) is 0 Å². The molecule has 0 unspecified atom stereocenters. The van der Waals surface area contributed by atoms with Crippen LogP contribution in [0.25, 0.3) is 10.9 Å². The standard InChI is InChI=1S/C18H25NO2/c1-6-7-19-10-16(12(4)5)15-9-13(18(20)21)8-14(11(2)3)17(15)19/h8-12H,6-7H2,1-5H3,(H,20,21). The number of fused-ring (bicyclic) bond motifs is 1. The molecule has 0 aliphatic carbocycles. The van der Waals surface area contributed by atoms with Crippen molar-refractivity contribution in [1.29, 1.82) is 0 Å². The first-order valence-corrected chi connectivity index (χ1v) is 7.76. The van der Waals surface area contributed by atoms with E-state index in [4.69, 9.17) is 0 Å². The molecule has 0 spiro atoms. The summed E-state index contributed by atoms with van der Waals surface area (Å²) < 4.78 is 2.30. The van der Waals surface area contributed by atoms with Gasteiger partial charge in [-0.1, -0.05) is 34.6 Å². The molecule has 2 rings (SSSR count). The van der Waals surface area contributed by atoms with Gasteiger partial charge in [-0.25, -0.2) is 4.79 Å². The van der Waals surface area contributed by atoms with Gasteiger partial charge >= 0.3 is 5.97 Å². The minimum Gasteiger partial charge on any atom is -0.478 e. The molecule has 0 saturated heterocycles. The Morgan fingerprint density at radius 2 is 1.76 bits per heavy atom. The summed E-state index contributed by atoms with van der Waals surface area (Å²) in [4.78, 5) is 11.4. The van der Waals surface area contributed by atoms with Gasteiger partial charge in [0.05, 0.1) is 11.1 Å². The van der Waals surface area contributed by atoms with Crippen molar-refractivity contribution in [2.75, 3.05) is 0 Å². The van der Waals surface area contributed by atoms with E-state index in [0.717, 1.165) is 23.9 Å². The second-order valence-electron chi connectivity index (χ2n) is 6.35. The first kappa shape index (κ1) is 15.6. The van der Waals surface area contributed by atoms with E-state index in [-0.39, 0.29) is 0 Å². The molecule has 114 valence electrons. The average Bonchev–Trinajstić information content (AvgIpc) is 2.77. The first-order chi connectivity index (χ1) is 9.86. The highest BCUT2D eigenvalue weighted by Gasteiger charge is 2.19. The lowest BCUT2D eigenvalue weighted by Crippen LogP contribution is -2.03. The van der Waals surface area contributed by atoms with Crippen LogP contribution in [0.1, 0.15) is 74.4 Å². The number of hydrogen-bond acceptors (Lipinski definition) is 1. The Balaban J connectivity index is 2.86. The van der Waals surface area contributed by atoms with E-state index >= 15 is 0 Å². The summed E-state index contributed by atoms with van der Waals surface area (Å²) in [5.41, 5.74) is 3.97. The van der Waals surface area contributed by atoms with Crippen LogP contribution < -0.4 is 0 Å². The number of aryl methyl sites for hydroxylation is 1. The van der Waals surface area contributed by atoms with Gasteiger partial charge in [-0.15, -0.1) is 0 Å². The quantitative estimate of drug-likeness (QED) is 0.841. The minimum absolute atomic E-state index is 0.303. The molecule has 3 heteroatoms. The Kier molecular flexibility index (Phi) is 4.40. The number of hydrogen-bond donors (Lipinski definition) is 1. The van der Waals surface area contributed by atoms with Gasteiger partial charge < -0.3 is 9.67 Å². The van der Waals surface area contributed by atoms with Crippen LogP contribution in [-0.2, 0) is 6.54 Å². The van der Waals surface area contributed by atoms with E-state index < -0.39 is 5.97 Å². The summed E-state index contributed by atoms with van der Waals surface area (Å²) in [6.45, 7) is 11.7. The normalized spacial score (nSPS) is 11.8. The highest BCUT2D eigenvalue weighted by molar-refractivity contribution is 5.97. The van der Waals surface area contributed by atoms with E-state index in [0.29, 0.717) is 17.4 Å². The number of carbonyl (C=O) groups is 1. The third-order valence-electron chi connectivity index (χ3n) is 3.99. The number of carboxylic acids is 1. The summed E-state index contributed by atoms with van der Waals surface area (Å²) >= 11 is 0. The smallest absolute Gasteiger partial charge is 0.335 e. The maximum absolute atomic E-state index is 11.4. The number of aromatic carboxylic acids is 1. The lowest BCUT2D eigenvalue weighted by Gasteiger charge is -2.13. The summed E-state index contributed by atoms with van der Waals surface area (Å²) in [6, 6.07) is 3.68. The number of aromatic nitrogens is 1. The summed E-state index contributed by atoms with van der Waals surface area (Å²) in [6.07, 6.45) is 3.27. The van der Waals surface area contributed by atoms with Crippen molar-refractivity contribution in [3.05, 3.63) is 35.0 Å². The molecule has 1 aromatic carbocycles. The Bertz CT molecular complexity index is 665. The van der Waals surface area contributed by atoms with E-state index in [1.807, 2.05) is 12.1 Å². The van der Waals surface area contributed by atoms with E-state index in [1.165, 1.54) is 11.1 Å².